The van der Waals surface area contributed by atoms with Gasteiger partial charge in [-0.3, -0.25) is 4.79 Å². The number of hydrogen-bond acceptors (Lipinski definition) is 5. The largest absolute Gasteiger partial charge is 0.493 e. The SMILES string of the molecule is CCc1ccc(OCCC(=O)NC(Cc2ccc3c(c2)OCCO3)CN2CCCC2)cc1. The Kier molecular flexibility index (Phi) is 7.88. The summed E-state index contributed by atoms with van der Waals surface area (Å²) < 4.78 is 17.1. The van der Waals surface area contributed by atoms with Gasteiger partial charge in [-0.25, -0.2) is 0 Å². The van der Waals surface area contributed by atoms with E-state index in [1.54, 1.807) is 0 Å². The Morgan fingerprint density at radius 1 is 1.03 bits per heavy atom. The third-order valence-electron chi connectivity index (χ3n) is 6.06. The number of nitrogens with zero attached hydrogens (tertiary/aromatic N) is 1. The van der Waals surface area contributed by atoms with Crippen molar-refractivity contribution in [2.45, 2.75) is 45.1 Å². The van der Waals surface area contributed by atoms with Crippen LogP contribution in [0.4, 0.5) is 0 Å². The molecule has 2 heterocycles. The van der Waals surface area contributed by atoms with Crippen LogP contribution in [0.1, 0.15) is 37.3 Å². The molecular weight excluding hydrogens is 404 g/mol. The van der Waals surface area contributed by atoms with Crippen LogP contribution in [0.15, 0.2) is 42.5 Å². The Morgan fingerprint density at radius 2 is 1.75 bits per heavy atom. The maximum absolute atomic E-state index is 12.7. The van der Waals surface area contributed by atoms with E-state index < -0.39 is 0 Å². The number of amides is 1. The fourth-order valence-corrected chi connectivity index (χ4v) is 4.32. The lowest BCUT2D eigenvalue weighted by Crippen LogP contribution is -2.44. The van der Waals surface area contributed by atoms with E-state index in [1.165, 1.54) is 18.4 Å². The lowest BCUT2D eigenvalue weighted by atomic mass is 10.0. The number of benzene rings is 2. The van der Waals surface area contributed by atoms with E-state index in [2.05, 4.69) is 35.3 Å². The van der Waals surface area contributed by atoms with Gasteiger partial charge in [0.25, 0.3) is 0 Å². The van der Waals surface area contributed by atoms with E-state index in [-0.39, 0.29) is 11.9 Å². The molecule has 2 aromatic rings. The van der Waals surface area contributed by atoms with Gasteiger partial charge >= 0.3 is 0 Å². The van der Waals surface area contributed by atoms with Gasteiger partial charge < -0.3 is 24.4 Å². The number of aryl methyl sites for hydroxylation is 1. The van der Waals surface area contributed by atoms with Gasteiger partial charge in [0.15, 0.2) is 11.5 Å². The molecule has 4 rings (SSSR count). The molecule has 6 heteroatoms. The quantitative estimate of drug-likeness (QED) is 0.614. The summed E-state index contributed by atoms with van der Waals surface area (Å²) in [6.45, 7) is 6.73. The highest BCUT2D eigenvalue weighted by atomic mass is 16.6. The summed E-state index contributed by atoms with van der Waals surface area (Å²) in [5.41, 5.74) is 2.42. The number of rotatable bonds is 10. The normalized spacial score (nSPS) is 16.5. The highest BCUT2D eigenvalue weighted by molar-refractivity contribution is 5.76. The molecule has 1 unspecified atom stereocenters. The predicted octanol–water partition coefficient (Wildman–Crippen LogP) is 3.61. The fourth-order valence-electron chi connectivity index (χ4n) is 4.32. The Morgan fingerprint density at radius 3 is 2.50 bits per heavy atom. The third kappa shape index (κ3) is 6.39. The Bertz CT molecular complexity index is 878. The fraction of sp³-hybridized carbons (Fsp3) is 0.500. The number of ether oxygens (including phenoxy) is 3. The number of hydrogen-bond donors (Lipinski definition) is 1. The summed E-state index contributed by atoms with van der Waals surface area (Å²) in [4.78, 5) is 15.1. The molecule has 0 bridgehead atoms. The smallest absolute Gasteiger partial charge is 0.223 e. The maximum Gasteiger partial charge on any atom is 0.223 e. The van der Waals surface area contributed by atoms with Gasteiger partial charge in [-0.15, -0.1) is 0 Å². The molecule has 32 heavy (non-hydrogen) atoms. The number of fused-ring (bicyclic) bond motifs is 1. The van der Waals surface area contributed by atoms with Gasteiger partial charge in [0.1, 0.15) is 19.0 Å². The minimum atomic E-state index is 0.0249. The summed E-state index contributed by atoms with van der Waals surface area (Å²) >= 11 is 0. The van der Waals surface area contributed by atoms with Crippen LogP contribution in [0.5, 0.6) is 17.2 Å². The van der Waals surface area contributed by atoms with E-state index in [0.29, 0.717) is 26.2 Å². The molecule has 2 aliphatic rings. The first-order chi connectivity index (χ1) is 15.7. The second kappa shape index (κ2) is 11.2. The van der Waals surface area contributed by atoms with Crippen LogP contribution < -0.4 is 19.5 Å². The molecule has 172 valence electrons. The number of carbonyl (C=O) groups is 1. The van der Waals surface area contributed by atoms with Crippen molar-refractivity contribution in [2.24, 2.45) is 0 Å². The highest BCUT2D eigenvalue weighted by Gasteiger charge is 2.21. The average Bonchev–Trinajstić information content (AvgIpc) is 3.32. The first-order valence-corrected chi connectivity index (χ1v) is 11.8. The standard InChI is InChI=1S/C26H34N2O4/c1-2-20-5-8-23(9-6-20)30-14-11-26(29)27-22(19-28-12-3-4-13-28)17-21-7-10-24-25(18-21)32-16-15-31-24/h5-10,18,22H,2-4,11-17,19H2,1H3,(H,27,29). The van der Waals surface area contributed by atoms with Crippen LogP contribution in [-0.4, -0.2) is 56.3 Å². The Hall–Kier alpha value is -2.73. The maximum atomic E-state index is 12.7. The van der Waals surface area contributed by atoms with Crippen LogP contribution in [0, 0.1) is 0 Å². The second-order valence-corrected chi connectivity index (χ2v) is 8.55. The topological polar surface area (TPSA) is 60.0 Å². The average molecular weight is 439 g/mol. The molecule has 1 amide bonds. The van der Waals surface area contributed by atoms with Crippen molar-refractivity contribution in [3.63, 3.8) is 0 Å². The zero-order chi connectivity index (χ0) is 22.2. The molecule has 0 spiro atoms. The summed E-state index contributed by atoms with van der Waals surface area (Å²) in [5.74, 6) is 2.42. The van der Waals surface area contributed by atoms with Crippen LogP contribution in [0.25, 0.3) is 0 Å². The molecule has 1 atom stereocenters. The van der Waals surface area contributed by atoms with Gasteiger partial charge in [0, 0.05) is 12.6 Å². The van der Waals surface area contributed by atoms with E-state index in [4.69, 9.17) is 14.2 Å². The summed E-state index contributed by atoms with van der Waals surface area (Å²) in [6.07, 6.45) is 4.57. The zero-order valence-electron chi connectivity index (χ0n) is 19.0. The Balaban J connectivity index is 1.31. The summed E-state index contributed by atoms with van der Waals surface area (Å²) in [7, 11) is 0. The first kappa shape index (κ1) is 22.5. The van der Waals surface area contributed by atoms with Crippen molar-refractivity contribution in [1.29, 1.82) is 0 Å². The lowest BCUT2D eigenvalue weighted by molar-refractivity contribution is -0.122. The van der Waals surface area contributed by atoms with Gasteiger partial charge in [0.05, 0.1) is 13.0 Å². The van der Waals surface area contributed by atoms with Crippen LogP contribution in [0.3, 0.4) is 0 Å². The second-order valence-electron chi connectivity index (χ2n) is 8.55. The zero-order valence-corrected chi connectivity index (χ0v) is 19.0. The molecule has 2 aliphatic heterocycles. The summed E-state index contributed by atoms with van der Waals surface area (Å²) in [6, 6.07) is 14.2. The van der Waals surface area contributed by atoms with Crippen molar-refractivity contribution < 1.29 is 19.0 Å². The van der Waals surface area contributed by atoms with Crippen molar-refractivity contribution >= 4 is 5.91 Å². The molecule has 0 radical (unpaired) electrons. The first-order valence-electron chi connectivity index (χ1n) is 11.8. The molecule has 1 saturated heterocycles. The number of likely N-dealkylation sites (tertiary alicyclic amines) is 1. The van der Waals surface area contributed by atoms with Crippen LogP contribution in [0.2, 0.25) is 0 Å². The van der Waals surface area contributed by atoms with Crippen molar-refractivity contribution in [3.8, 4) is 17.2 Å². The van der Waals surface area contributed by atoms with E-state index in [9.17, 15) is 4.79 Å². The molecule has 0 saturated carbocycles. The molecule has 0 aromatic heterocycles. The van der Waals surface area contributed by atoms with Gasteiger partial charge in [-0.05, 0) is 74.2 Å². The third-order valence-corrected chi connectivity index (χ3v) is 6.06. The number of carbonyl (C=O) groups excluding carboxylic acids is 1. The van der Waals surface area contributed by atoms with Gasteiger partial charge in [-0.1, -0.05) is 25.1 Å². The molecule has 6 nitrogen and oxygen atoms in total. The predicted molar refractivity (Wildman–Crippen MR) is 125 cm³/mol. The Labute approximate surface area is 190 Å². The summed E-state index contributed by atoms with van der Waals surface area (Å²) in [5, 5.41) is 3.24. The van der Waals surface area contributed by atoms with Crippen molar-refractivity contribution in [2.75, 3.05) is 39.5 Å². The molecular formula is C26H34N2O4. The molecule has 2 aromatic carbocycles. The lowest BCUT2D eigenvalue weighted by Gasteiger charge is -2.25. The van der Waals surface area contributed by atoms with Crippen LogP contribution >= 0.6 is 0 Å². The van der Waals surface area contributed by atoms with Crippen molar-refractivity contribution in [1.82, 2.24) is 10.2 Å². The van der Waals surface area contributed by atoms with E-state index in [1.807, 2.05) is 24.3 Å². The molecule has 1 fully saturated rings. The van der Waals surface area contributed by atoms with E-state index in [0.717, 1.165) is 55.3 Å². The van der Waals surface area contributed by atoms with E-state index >= 15 is 0 Å². The minimum absolute atomic E-state index is 0.0249. The van der Waals surface area contributed by atoms with Crippen LogP contribution in [-0.2, 0) is 17.6 Å². The molecule has 0 aliphatic carbocycles. The van der Waals surface area contributed by atoms with Gasteiger partial charge in [0.2, 0.25) is 5.91 Å². The molecule has 1 N–H and O–H groups in total. The highest BCUT2D eigenvalue weighted by Crippen LogP contribution is 2.31. The minimum Gasteiger partial charge on any atom is -0.493 e. The number of nitrogens with one attached hydrogen (secondary N) is 1. The monoisotopic (exact) mass is 438 g/mol. The van der Waals surface area contributed by atoms with Gasteiger partial charge in [-0.2, -0.15) is 0 Å². The van der Waals surface area contributed by atoms with Crippen molar-refractivity contribution in [3.05, 3.63) is 53.6 Å².